The van der Waals surface area contributed by atoms with E-state index >= 15 is 0 Å². The molecule has 0 aliphatic heterocycles. The van der Waals surface area contributed by atoms with Gasteiger partial charge in [0.2, 0.25) is 5.91 Å². The first kappa shape index (κ1) is 19.9. The third kappa shape index (κ3) is 3.61. The maximum Gasteiger partial charge on any atom is 0.307 e. The lowest BCUT2D eigenvalue weighted by Gasteiger charge is -2.24. The van der Waals surface area contributed by atoms with Crippen molar-refractivity contribution in [3.8, 4) is 0 Å². The molecule has 0 aromatic heterocycles. The van der Waals surface area contributed by atoms with Crippen molar-refractivity contribution >= 4 is 29.2 Å². The lowest BCUT2D eigenvalue weighted by Crippen LogP contribution is -2.36. The van der Waals surface area contributed by atoms with E-state index in [1.165, 1.54) is 0 Å². The molecule has 2 aromatic carbocycles. The molecule has 0 heterocycles. The molecule has 2 aromatic rings. The van der Waals surface area contributed by atoms with E-state index in [0.29, 0.717) is 17.8 Å². The van der Waals surface area contributed by atoms with Gasteiger partial charge in [-0.1, -0.05) is 30.4 Å². The average molecular weight is 404 g/mol. The normalized spacial score (nSPS) is 23.9. The topological polar surface area (TPSA) is 86.7 Å². The molecular weight excluding hydrogens is 380 g/mol. The van der Waals surface area contributed by atoms with Gasteiger partial charge in [0.05, 0.1) is 11.8 Å². The second kappa shape index (κ2) is 8.14. The molecule has 0 radical (unpaired) electrons. The van der Waals surface area contributed by atoms with Crippen LogP contribution in [0.15, 0.2) is 66.7 Å². The fourth-order valence-corrected chi connectivity index (χ4v) is 4.65. The van der Waals surface area contributed by atoms with Crippen LogP contribution in [-0.4, -0.2) is 29.4 Å². The summed E-state index contributed by atoms with van der Waals surface area (Å²) >= 11 is 0. The molecule has 30 heavy (non-hydrogen) atoms. The van der Waals surface area contributed by atoms with Crippen molar-refractivity contribution in [2.24, 2.45) is 23.7 Å². The Morgan fingerprint density at radius 1 is 0.967 bits per heavy atom. The first-order valence-corrected chi connectivity index (χ1v) is 10.2. The van der Waals surface area contributed by atoms with Crippen molar-refractivity contribution in [2.45, 2.75) is 13.3 Å². The molecule has 154 valence electrons. The van der Waals surface area contributed by atoms with E-state index < -0.39 is 17.8 Å². The number of anilines is 2. The van der Waals surface area contributed by atoms with Crippen molar-refractivity contribution in [1.29, 1.82) is 0 Å². The molecule has 4 rings (SSSR count). The number of aliphatic carboxylic acids is 1. The number of carboxylic acid groups (broad SMARTS) is 1. The average Bonchev–Trinajstić information content (AvgIpc) is 3.37. The van der Waals surface area contributed by atoms with Gasteiger partial charge in [0.1, 0.15) is 0 Å². The summed E-state index contributed by atoms with van der Waals surface area (Å²) in [5.41, 5.74) is 1.90. The molecule has 1 saturated carbocycles. The summed E-state index contributed by atoms with van der Waals surface area (Å²) in [6, 6.07) is 16.2. The highest BCUT2D eigenvalue weighted by atomic mass is 16.4. The number of amides is 2. The Morgan fingerprint density at radius 2 is 1.60 bits per heavy atom. The number of para-hydroxylation sites is 1. The van der Waals surface area contributed by atoms with Crippen LogP contribution in [0.25, 0.3) is 0 Å². The monoisotopic (exact) mass is 404 g/mol. The fourth-order valence-electron chi connectivity index (χ4n) is 4.65. The van der Waals surface area contributed by atoms with Gasteiger partial charge in [0.15, 0.2) is 0 Å². The van der Waals surface area contributed by atoms with Crippen molar-refractivity contribution in [3.05, 3.63) is 72.3 Å². The number of hydrogen-bond acceptors (Lipinski definition) is 3. The lowest BCUT2D eigenvalue weighted by molar-refractivity contribution is -0.146. The zero-order valence-electron chi connectivity index (χ0n) is 16.7. The highest BCUT2D eigenvalue weighted by Gasteiger charge is 2.51. The van der Waals surface area contributed by atoms with E-state index in [1.807, 2.05) is 49.4 Å². The zero-order valence-corrected chi connectivity index (χ0v) is 16.7. The number of rotatable bonds is 6. The third-order valence-electron chi connectivity index (χ3n) is 6.08. The molecule has 2 aliphatic carbocycles. The summed E-state index contributed by atoms with van der Waals surface area (Å²) in [6.45, 7) is 2.46. The molecule has 4 atom stereocenters. The van der Waals surface area contributed by atoms with Gasteiger partial charge in [0.25, 0.3) is 5.91 Å². The van der Waals surface area contributed by atoms with Crippen LogP contribution in [0, 0.1) is 23.7 Å². The quantitative estimate of drug-likeness (QED) is 0.717. The summed E-state index contributed by atoms with van der Waals surface area (Å²) < 4.78 is 0. The molecule has 0 saturated heterocycles. The number of carboxylic acids is 1. The Morgan fingerprint density at radius 3 is 2.20 bits per heavy atom. The second-order valence-electron chi connectivity index (χ2n) is 7.79. The zero-order chi connectivity index (χ0) is 21.3. The minimum absolute atomic E-state index is 0.0269. The number of fused-ring (bicyclic) bond motifs is 2. The van der Waals surface area contributed by atoms with Crippen LogP contribution in [0.1, 0.15) is 23.7 Å². The summed E-state index contributed by atoms with van der Waals surface area (Å²) in [5.74, 6) is -2.66. The predicted octanol–water partition coefficient (Wildman–Crippen LogP) is 3.81. The molecule has 2 bridgehead atoms. The lowest BCUT2D eigenvalue weighted by atomic mass is 9.82. The SMILES string of the molecule is CCN(C(=O)c1ccc(NC(=O)[C@H]2[C@H](C(=O)O)[C@H]3C=C[C@H]2C3)cc1)c1ccccc1. The van der Waals surface area contributed by atoms with E-state index in [9.17, 15) is 19.5 Å². The number of carbonyl (C=O) groups is 3. The number of benzene rings is 2. The molecule has 1 fully saturated rings. The number of nitrogens with one attached hydrogen (secondary N) is 1. The van der Waals surface area contributed by atoms with Crippen molar-refractivity contribution in [1.82, 2.24) is 0 Å². The van der Waals surface area contributed by atoms with Crippen LogP contribution >= 0.6 is 0 Å². The van der Waals surface area contributed by atoms with Gasteiger partial charge < -0.3 is 15.3 Å². The highest BCUT2D eigenvalue weighted by Crippen LogP contribution is 2.48. The molecule has 0 spiro atoms. The fraction of sp³-hybridized carbons (Fsp3) is 0.292. The predicted molar refractivity (Wildman–Crippen MR) is 114 cm³/mol. The number of nitrogens with zero attached hydrogens (tertiary/aromatic N) is 1. The van der Waals surface area contributed by atoms with Crippen LogP contribution in [-0.2, 0) is 9.59 Å². The van der Waals surface area contributed by atoms with Gasteiger partial charge >= 0.3 is 5.97 Å². The molecule has 2 aliphatic rings. The summed E-state index contributed by atoms with van der Waals surface area (Å²) in [4.78, 5) is 39.0. The minimum atomic E-state index is -0.923. The van der Waals surface area contributed by atoms with E-state index in [-0.39, 0.29) is 23.7 Å². The van der Waals surface area contributed by atoms with E-state index in [4.69, 9.17) is 0 Å². The Hall–Kier alpha value is -3.41. The molecule has 2 amide bonds. The van der Waals surface area contributed by atoms with Crippen molar-refractivity contribution in [3.63, 3.8) is 0 Å². The molecule has 6 nitrogen and oxygen atoms in total. The number of allylic oxidation sites excluding steroid dienone is 2. The molecular formula is C24H24N2O4. The maximum absolute atomic E-state index is 12.9. The smallest absolute Gasteiger partial charge is 0.307 e. The molecule has 6 heteroatoms. The number of hydrogen-bond donors (Lipinski definition) is 2. The first-order chi connectivity index (χ1) is 14.5. The van der Waals surface area contributed by atoms with Crippen molar-refractivity contribution in [2.75, 3.05) is 16.8 Å². The van der Waals surface area contributed by atoms with E-state index in [1.54, 1.807) is 29.2 Å². The Kier molecular flexibility index (Phi) is 5.40. The van der Waals surface area contributed by atoms with Gasteiger partial charge in [-0.15, -0.1) is 0 Å². The minimum Gasteiger partial charge on any atom is -0.481 e. The highest BCUT2D eigenvalue weighted by molar-refractivity contribution is 6.06. The van der Waals surface area contributed by atoms with Crippen LogP contribution in [0.4, 0.5) is 11.4 Å². The van der Waals surface area contributed by atoms with Gasteiger partial charge in [-0.05, 0) is 61.6 Å². The largest absolute Gasteiger partial charge is 0.481 e. The maximum atomic E-state index is 12.9. The standard InChI is InChI=1S/C24H24N2O4/c1-2-26(19-6-4-3-5-7-19)23(28)15-10-12-18(13-11-15)25-22(27)20-16-8-9-17(14-16)21(20)24(29)30/h3-13,16-17,20-21H,2,14H2,1H3,(H,25,27)(H,29,30)/t16-,17-,20+,21+/m0/s1. The Bertz CT molecular complexity index is 984. The van der Waals surface area contributed by atoms with Gasteiger partial charge in [-0.25, -0.2) is 0 Å². The number of carbonyl (C=O) groups excluding carboxylic acids is 2. The first-order valence-electron chi connectivity index (χ1n) is 10.2. The Balaban J connectivity index is 1.46. The van der Waals surface area contributed by atoms with Gasteiger partial charge in [-0.2, -0.15) is 0 Å². The van der Waals surface area contributed by atoms with E-state index in [2.05, 4.69) is 5.32 Å². The van der Waals surface area contributed by atoms with Crippen molar-refractivity contribution < 1.29 is 19.5 Å². The second-order valence-corrected chi connectivity index (χ2v) is 7.79. The molecule has 0 unspecified atom stereocenters. The van der Waals surface area contributed by atoms with Crippen LogP contribution < -0.4 is 10.2 Å². The molecule has 2 N–H and O–H groups in total. The van der Waals surface area contributed by atoms with Crippen LogP contribution in [0.5, 0.6) is 0 Å². The Labute approximate surface area is 175 Å². The van der Waals surface area contributed by atoms with E-state index in [0.717, 1.165) is 12.1 Å². The van der Waals surface area contributed by atoms with Crippen LogP contribution in [0.2, 0.25) is 0 Å². The third-order valence-corrected chi connectivity index (χ3v) is 6.08. The van der Waals surface area contributed by atoms with Gasteiger partial charge in [-0.3, -0.25) is 14.4 Å². The summed E-state index contributed by atoms with van der Waals surface area (Å²) in [5, 5.41) is 12.4. The summed E-state index contributed by atoms with van der Waals surface area (Å²) in [7, 11) is 0. The van der Waals surface area contributed by atoms with Crippen LogP contribution in [0.3, 0.4) is 0 Å². The summed E-state index contributed by atoms with van der Waals surface area (Å²) in [6.07, 6.45) is 4.59. The van der Waals surface area contributed by atoms with Gasteiger partial charge in [0, 0.05) is 23.5 Å².